The predicted octanol–water partition coefficient (Wildman–Crippen LogP) is 1.75. The fourth-order valence-corrected chi connectivity index (χ4v) is 3.71. The number of carboxylic acids is 1. The van der Waals surface area contributed by atoms with E-state index in [-0.39, 0.29) is 12.8 Å². The summed E-state index contributed by atoms with van der Waals surface area (Å²) in [6, 6.07) is 6.43. The van der Waals surface area contributed by atoms with Crippen LogP contribution in [-0.2, 0) is 20.8 Å². The normalized spacial score (nSPS) is 21.6. The molecule has 2 amide bonds. The highest BCUT2D eigenvalue weighted by Gasteiger charge is 2.46. The van der Waals surface area contributed by atoms with Crippen molar-refractivity contribution in [1.29, 1.82) is 0 Å². The molecular weight excluding hydrogens is 372 g/mol. The molecular formula is C21H20N4O4. The molecule has 2 aromatic rings. The summed E-state index contributed by atoms with van der Waals surface area (Å²) in [6.07, 6.45) is 8.50. The van der Waals surface area contributed by atoms with Crippen LogP contribution in [-0.4, -0.2) is 50.2 Å². The first-order valence-electron chi connectivity index (χ1n) is 9.23. The van der Waals surface area contributed by atoms with E-state index in [1.165, 1.54) is 0 Å². The highest BCUT2D eigenvalue weighted by molar-refractivity contribution is 6.09. The van der Waals surface area contributed by atoms with E-state index < -0.39 is 29.4 Å². The average molecular weight is 392 g/mol. The van der Waals surface area contributed by atoms with Crippen LogP contribution in [0.3, 0.4) is 0 Å². The summed E-state index contributed by atoms with van der Waals surface area (Å²) in [6.45, 7) is 1.61. The number of aromatic amines is 1. The van der Waals surface area contributed by atoms with Gasteiger partial charge in [-0.05, 0) is 30.7 Å². The van der Waals surface area contributed by atoms with E-state index in [2.05, 4.69) is 15.3 Å². The monoisotopic (exact) mass is 392 g/mol. The van der Waals surface area contributed by atoms with E-state index >= 15 is 0 Å². The molecule has 0 spiro atoms. The molecule has 0 aliphatic carbocycles. The number of hydrogen-bond acceptors (Lipinski definition) is 4. The molecule has 3 N–H and O–H groups in total. The maximum atomic E-state index is 13.1. The van der Waals surface area contributed by atoms with Crippen molar-refractivity contribution in [3.8, 4) is 0 Å². The minimum atomic E-state index is -1.26. The minimum absolute atomic E-state index is 0.117. The maximum Gasteiger partial charge on any atom is 0.326 e. The number of allylic oxidation sites excluding steroid dienone is 2. The van der Waals surface area contributed by atoms with Crippen molar-refractivity contribution in [3.05, 3.63) is 60.5 Å². The number of carbonyl (C=O) groups excluding carboxylic acids is 2. The minimum Gasteiger partial charge on any atom is -0.480 e. The summed E-state index contributed by atoms with van der Waals surface area (Å²) in [5.74, 6) is -1.73. The lowest BCUT2D eigenvalue weighted by molar-refractivity contribution is -0.144. The second-order valence-corrected chi connectivity index (χ2v) is 7.31. The van der Waals surface area contributed by atoms with Gasteiger partial charge in [-0.3, -0.25) is 9.59 Å². The molecule has 1 aromatic heterocycles. The second kappa shape index (κ2) is 7.05. The standard InChI is InChI=1S/C21H20N4O4/c1-21(11-18(26)24-17-8-4-5-9-25(17)21)20(29)23-16(19(27)28)10-13-12-22-15-7-3-2-6-14(13)15/h2-9,12,16,22H,10-11H2,1H3,(H,23,29)(H,27,28). The number of amidine groups is 1. The van der Waals surface area contributed by atoms with Crippen molar-refractivity contribution in [2.45, 2.75) is 31.3 Å². The molecule has 0 fully saturated rings. The van der Waals surface area contributed by atoms with Gasteiger partial charge in [-0.2, -0.15) is 4.99 Å². The Labute approximate surface area is 166 Å². The van der Waals surface area contributed by atoms with Crippen molar-refractivity contribution in [2.75, 3.05) is 0 Å². The summed E-state index contributed by atoms with van der Waals surface area (Å²) in [7, 11) is 0. The molecule has 0 radical (unpaired) electrons. The van der Waals surface area contributed by atoms with Gasteiger partial charge in [0.05, 0.1) is 6.42 Å². The summed E-state index contributed by atoms with van der Waals surface area (Å²) in [5, 5.41) is 13.2. The van der Waals surface area contributed by atoms with Crippen molar-refractivity contribution >= 4 is 34.5 Å². The molecule has 2 aliphatic rings. The lowest BCUT2D eigenvalue weighted by Crippen LogP contribution is -2.62. The van der Waals surface area contributed by atoms with Crippen LogP contribution in [0, 0.1) is 0 Å². The molecule has 2 atom stereocenters. The van der Waals surface area contributed by atoms with Crippen LogP contribution in [0.25, 0.3) is 10.9 Å². The van der Waals surface area contributed by atoms with E-state index in [1.807, 2.05) is 24.3 Å². The molecule has 2 aliphatic heterocycles. The van der Waals surface area contributed by atoms with E-state index in [9.17, 15) is 19.5 Å². The first-order chi connectivity index (χ1) is 13.9. The number of aromatic nitrogens is 1. The third-order valence-corrected chi connectivity index (χ3v) is 5.30. The van der Waals surface area contributed by atoms with Crippen LogP contribution >= 0.6 is 0 Å². The van der Waals surface area contributed by atoms with E-state index in [0.717, 1.165) is 16.5 Å². The van der Waals surface area contributed by atoms with Gasteiger partial charge in [0, 0.05) is 29.7 Å². The number of fused-ring (bicyclic) bond motifs is 2. The number of para-hydroxylation sites is 1. The van der Waals surface area contributed by atoms with Gasteiger partial charge in [0.2, 0.25) is 5.91 Å². The van der Waals surface area contributed by atoms with E-state index in [0.29, 0.717) is 5.84 Å². The van der Waals surface area contributed by atoms with Crippen LogP contribution in [0.5, 0.6) is 0 Å². The van der Waals surface area contributed by atoms with Gasteiger partial charge < -0.3 is 20.3 Å². The van der Waals surface area contributed by atoms with Gasteiger partial charge in [0.1, 0.15) is 17.4 Å². The van der Waals surface area contributed by atoms with Crippen LogP contribution in [0.2, 0.25) is 0 Å². The number of aliphatic carboxylic acids is 1. The molecule has 4 rings (SSSR count). The molecule has 2 unspecified atom stereocenters. The smallest absolute Gasteiger partial charge is 0.326 e. The number of nitrogens with one attached hydrogen (secondary N) is 2. The lowest BCUT2D eigenvalue weighted by atomic mass is 9.90. The summed E-state index contributed by atoms with van der Waals surface area (Å²) >= 11 is 0. The van der Waals surface area contributed by atoms with Gasteiger partial charge in [-0.25, -0.2) is 4.79 Å². The van der Waals surface area contributed by atoms with E-state index in [1.54, 1.807) is 42.4 Å². The van der Waals surface area contributed by atoms with Crippen molar-refractivity contribution < 1.29 is 19.5 Å². The molecule has 0 bridgehead atoms. The molecule has 0 saturated heterocycles. The topological polar surface area (TPSA) is 115 Å². The zero-order chi connectivity index (χ0) is 20.6. The Hall–Kier alpha value is -3.68. The molecule has 3 heterocycles. The van der Waals surface area contributed by atoms with Gasteiger partial charge >= 0.3 is 5.97 Å². The molecule has 0 saturated carbocycles. The number of carbonyl (C=O) groups is 3. The van der Waals surface area contributed by atoms with Crippen molar-refractivity contribution in [3.63, 3.8) is 0 Å². The van der Waals surface area contributed by atoms with E-state index in [4.69, 9.17) is 0 Å². The zero-order valence-electron chi connectivity index (χ0n) is 15.8. The quantitative estimate of drug-likeness (QED) is 0.717. The second-order valence-electron chi connectivity index (χ2n) is 7.31. The Kier molecular flexibility index (Phi) is 4.54. The fourth-order valence-electron chi connectivity index (χ4n) is 3.71. The van der Waals surface area contributed by atoms with Gasteiger partial charge in [0.25, 0.3) is 5.91 Å². The van der Waals surface area contributed by atoms with Crippen LogP contribution in [0.1, 0.15) is 18.9 Å². The lowest BCUT2D eigenvalue weighted by Gasteiger charge is -2.42. The van der Waals surface area contributed by atoms with Gasteiger partial charge in [-0.1, -0.05) is 24.3 Å². The number of aliphatic imine (C=N–C) groups is 1. The molecule has 29 heavy (non-hydrogen) atoms. The molecule has 148 valence electrons. The van der Waals surface area contributed by atoms with Crippen LogP contribution in [0.15, 0.2) is 59.9 Å². The van der Waals surface area contributed by atoms with Crippen molar-refractivity contribution in [2.24, 2.45) is 4.99 Å². The first-order valence-corrected chi connectivity index (χ1v) is 9.23. The predicted molar refractivity (Wildman–Crippen MR) is 107 cm³/mol. The zero-order valence-corrected chi connectivity index (χ0v) is 15.8. The Balaban J connectivity index is 1.58. The Morgan fingerprint density at radius 1 is 1.34 bits per heavy atom. The van der Waals surface area contributed by atoms with Gasteiger partial charge in [-0.15, -0.1) is 0 Å². The summed E-state index contributed by atoms with van der Waals surface area (Å²) in [5.41, 5.74) is 0.429. The Morgan fingerprint density at radius 2 is 2.14 bits per heavy atom. The highest BCUT2D eigenvalue weighted by atomic mass is 16.4. The number of benzene rings is 1. The Morgan fingerprint density at radius 3 is 2.93 bits per heavy atom. The molecule has 1 aromatic carbocycles. The number of amides is 2. The van der Waals surface area contributed by atoms with Gasteiger partial charge in [0.15, 0.2) is 0 Å². The molecule has 8 nitrogen and oxygen atoms in total. The maximum absolute atomic E-state index is 13.1. The van der Waals surface area contributed by atoms with Crippen LogP contribution in [0.4, 0.5) is 0 Å². The highest BCUT2D eigenvalue weighted by Crippen LogP contribution is 2.28. The van der Waals surface area contributed by atoms with Crippen LogP contribution < -0.4 is 5.32 Å². The number of nitrogens with zero attached hydrogens (tertiary/aromatic N) is 2. The fraction of sp³-hybridized carbons (Fsp3) is 0.238. The Bertz CT molecular complexity index is 1100. The first kappa shape index (κ1) is 18.7. The molecule has 8 heteroatoms. The van der Waals surface area contributed by atoms with Crippen molar-refractivity contribution in [1.82, 2.24) is 15.2 Å². The number of rotatable bonds is 5. The number of hydrogen-bond donors (Lipinski definition) is 3. The third kappa shape index (κ3) is 3.33. The number of carboxylic acid groups (broad SMARTS) is 1. The average Bonchev–Trinajstić information content (AvgIpc) is 3.10. The SMILES string of the molecule is CC1(C(=O)NC(Cc2c[nH]c3ccccc23)C(=O)O)CC(=O)N=C2C=CC=CN21. The largest absolute Gasteiger partial charge is 0.480 e. The number of H-pyrrole nitrogens is 1. The summed E-state index contributed by atoms with van der Waals surface area (Å²) < 4.78 is 0. The summed E-state index contributed by atoms with van der Waals surface area (Å²) in [4.78, 5) is 45.8. The third-order valence-electron chi connectivity index (χ3n) is 5.30.